The van der Waals surface area contributed by atoms with E-state index >= 15 is 0 Å². The first-order valence-electron chi connectivity index (χ1n) is 9.76. The van der Waals surface area contributed by atoms with Crippen LogP contribution in [0.5, 0.6) is 0 Å². The van der Waals surface area contributed by atoms with Crippen molar-refractivity contribution in [2.24, 2.45) is 0 Å². The third-order valence-electron chi connectivity index (χ3n) is 5.00. The number of benzene rings is 1. The van der Waals surface area contributed by atoms with E-state index in [1.165, 1.54) is 5.56 Å². The molecule has 0 radical (unpaired) electrons. The van der Waals surface area contributed by atoms with Gasteiger partial charge in [0.2, 0.25) is 5.95 Å². The van der Waals surface area contributed by atoms with Crippen molar-refractivity contribution < 1.29 is 0 Å². The molecule has 7 heteroatoms. The molecule has 3 heterocycles. The number of anilines is 2. The Morgan fingerprint density at radius 1 is 0.862 bits per heavy atom. The normalized spacial score (nSPS) is 14.5. The standard InChI is InChI=1S/C22H25BrN6/c1-27(2)16-17-4-3-5-18(12-17)19-13-25-22(26-14-19)29-10-8-28(9-11-29)21-7-6-20(23)15-24-21/h3-7,12-15H,8-11,16H2,1-2H3. The minimum absolute atomic E-state index is 0.793. The summed E-state index contributed by atoms with van der Waals surface area (Å²) in [5, 5.41) is 0. The number of pyridine rings is 1. The molecule has 0 aliphatic carbocycles. The van der Waals surface area contributed by atoms with Crippen molar-refractivity contribution in [1.29, 1.82) is 0 Å². The highest BCUT2D eigenvalue weighted by Crippen LogP contribution is 2.22. The van der Waals surface area contributed by atoms with E-state index in [1.54, 1.807) is 0 Å². The summed E-state index contributed by atoms with van der Waals surface area (Å²) >= 11 is 3.44. The Bertz CT molecular complexity index is 934. The van der Waals surface area contributed by atoms with Crippen LogP contribution < -0.4 is 9.80 Å². The van der Waals surface area contributed by atoms with Crippen molar-refractivity contribution in [3.05, 3.63) is 65.0 Å². The molecular weight excluding hydrogens is 428 g/mol. The van der Waals surface area contributed by atoms with Gasteiger partial charge in [-0.1, -0.05) is 18.2 Å². The topological polar surface area (TPSA) is 48.4 Å². The Morgan fingerprint density at radius 2 is 1.59 bits per heavy atom. The van der Waals surface area contributed by atoms with Gasteiger partial charge in [-0.15, -0.1) is 0 Å². The first-order chi connectivity index (χ1) is 14.1. The average Bonchev–Trinajstić information content (AvgIpc) is 2.74. The van der Waals surface area contributed by atoms with E-state index in [-0.39, 0.29) is 0 Å². The maximum Gasteiger partial charge on any atom is 0.225 e. The molecular formula is C22H25BrN6. The monoisotopic (exact) mass is 452 g/mol. The summed E-state index contributed by atoms with van der Waals surface area (Å²) in [5.74, 6) is 1.81. The van der Waals surface area contributed by atoms with E-state index in [1.807, 2.05) is 24.7 Å². The second-order valence-corrected chi connectivity index (χ2v) is 8.43. The maximum atomic E-state index is 4.64. The van der Waals surface area contributed by atoms with E-state index in [0.29, 0.717) is 0 Å². The summed E-state index contributed by atoms with van der Waals surface area (Å²) < 4.78 is 1.00. The zero-order valence-corrected chi connectivity index (χ0v) is 18.4. The average molecular weight is 453 g/mol. The summed E-state index contributed by atoms with van der Waals surface area (Å²) in [5.41, 5.74) is 3.49. The van der Waals surface area contributed by atoms with Crippen LogP contribution >= 0.6 is 15.9 Å². The van der Waals surface area contributed by atoms with Crippen LogP contribution in [0.2, 0.25) is 0 Å². The molecule has 6 nitrogen and oxygen atoms in total. The number of hydrogen-bond acceptors (Lipinski definition) is 6. The van der Waals surface area contributed by atoms with Gasteiger partial charge in [0.15, 0.2) is 0 Å². The first-order valence-corrected chi connectivity index (χ1v) is 10.6. The molecule has 0 atom stereocenters. The molecule has 150 valence electrons. The van der Waals surface area contributed by atoms with E-state index in [4.69, 9.17) is 0 Å². The van der Waals surface area contributed by atoms with Crippen molar-refractivity contribution in [3.8, 4) is 11.1 Å². The van der Waals surface area contributed by atoms with Crippen molar-refractivity contribution in [2.45, 2.75) is 6.54 Å². The van der Waals surface area contributed by atoms with Crippen LogP contribution in [0.1, 0.15) is 5.56 Å². The molecule has 1 aromatic carbocycles. The molecule has 1 aliphatic rings. The lowest BCUT2D eigenvalue weighted by Gasteiger charge is -2.35. The van der Waals surface area contributed by atoms with Gasteiger partial charge in [0.25, 0.3) is 0 Å². The van der Waals surface area contributed by atoms with Crippen molar-refractivity contribution in [2.75, 3.05) is 50.1 Å². The Hall–Kier alpha value is -2.51. The van der Waals surface area contributed by atoms with Crippen LogP contribution in [0.25, 0.3) is 11.1 Å². The van der Waals surface area contributed by atoms with Gasteiger partial charge in [-0.05, 0) is 59.4 Å². The quantitative estimate of drug-likeness (QED) is 0.588. The van der Waals surface area contributed by atoms with Crippen LogP contribution in [0.3, 0.4) is 0 Å². The molecule has 1 aliphatic heterocycles. The lowest BCUT2D eigenvalue weighted by atomic mass is 10.1. The number of halogens is 1. The third kappa shape index (κ3) is 4.92. The molecule has 2 aromatic heterocycles. The summed E-state index contributed by atoms with van der Waals surface area (Å²) in [6, 6.07) is 12.7. The van der Waals surface area contributed by atoms with Crippen LogP contribution in [0.4, 0.5) is 11.8 Å². The molecule has 4 rings (SSSR count). The number of rotatable bonds is 5. The molecule has 0 bridgehead atoms. The second-order valence-electron chi connectivity index (χ2n) is 7.52. The fourth-order valence-electron chi connectivity index (χ4n) is 3.54. The molecule has 1 saturated heterocycles. The Morgan fingerprint density at radius 3 is 2.24 bits per heavy atom. The van der Waals surface area contributed by atoms with Crippen LogP contribution in [-0.2, 0) is 6.54 Å². The van der Waals surface area contributed by atoms with Gasteiger partial charge in [-0.2, -0.15) is 0 Å². The molecule has 3 aromatic rings. The van der Waals surface area contributed by atoms with Crippen LogP contribution in [0, 0.1) is 0 Å². The summed E-state index contributed by atoms with van der Waals surface area (Å²) in [6.07, 6.45) is 5.70. The Labute approximate surface area is 180 Å². The number of piperazine rings is 1. The predicted molar refractivity (Wildman–Crippen MR) is 121 cm³/mol. The Balaban J connectivity index is 1.40. The van der Waals surface area contributed by atoms with E-state index in [2.05, 4.69) is 90.0 Å². The van der Waals surface area contributed by atoms with E-state index < -0.39 is 0 Å². The van der Waals surface area contributed by atoms with Crippen LogP contribution in [-0.4, -0.2) is 60.1 Å². The SMILES string of the molecule is CN(C)Cc1cccc(-c2cnc(N3CCN(c4ccc(Br)cn4)CC3)nc2)c1. The third-order valence-corrected chi connectivity index (χ3v) is 5.46. The van der Waals surface area contributed by atoms with E-state index in [0.717, 1.165) is 60.1 Å². The molecule has 0 unspecified atom stereocenters. The van der Waals surface area contributed by atoms with Gasteiger partial charge in [0.05, 0.1) is 0 Å². The molecule has 1 fully saturated rings. The summed E-state index contributed by atoms with van der Waals surface area (Å²) in [4.78, 5) is 20.5. The fourth-order valence-corrected chi connectivity index (χ4v) is 3.77. The zero-order chi connectivity index (χ0) is 20.2. The highest BCUT2D eigenvalue weighted by atomic mass is 79.9. The van der Waals surface area contributed by atoms with Crippen molar-refractivity contribution in [3.63, 3.8) is 0 Å². The minimum Gasteiger partial charge on any atom is -0.353 e. The molecule has 0 N–H and O–H groups in total. The van der Waals surface area contributed by atoms with Gasteiger partial charge in [0, 0.05) is 61.4 Å². The molecule has 0 saturated carbocycles. The number of nitrogens with zero attached hydrogens (tertiary/aromatic N) is 6. The number of hydrogen-bond donors (Lipinski definition) is 0. The highest BCUT2D eigenvalue weighted by Gasteiger charge is 2.20. The molecule has 0 amide bonds. The Kier molecular flexibility index (Phi) is 6.06. The molecule has 0 spiro atoms. The maximum absolute atomic E-state index is 4.64. The summed E-state index contributed by atoms with van der Waals surface area (Å²) in [7, 11) is 4.16. The second kappa shape index (κ2) is 8.88. The van der Waals surface area contributed by atoms with Gasteiger partial charge in [0.1, 0.15) is 5.82 Å². The minimum atomic E-state index is 0.793. The largest absolute Gasteiger partial charge is 0.353 e. The highest BCUT2D eigenvalue weighted by molar-refractivity contribution is 9.10. The van der Waals surface area contributed by atoms with E-state index in [9.17, 15) is 0 Å². The lowest BCUT2D eigenvalue weighted by Crippen LogP contribution is -2.47. The fraction of sp³-hybridized carbons (Fsp3) is 0.318. The van der Waals surface area contributed by atoms with Crippen LogP contribution in [0.15, 0.2) is 59.5 Å². The van der Waals surface area contributed by atoms with Gasteiger partial charge in [-0.25, -0.2) is 15.0 Å². The first kappa shape index (κ1) is 19.8. The lowest BCUT2D eigenvalue weighted by molar-refractivity contribution is 0.402. The van der Waals surface area contributed by atoms with Gasteiger partial charge >= 0.3 is 0 Å². The van der Waals surface area contributed by atoms with Gasteiger partial charge in [-0.3, -0.25) is 0 Å². The molecule has 29 heavy (non-hydrogen) atoms. The smallest absolute Gasteiger partial charge is 0.225 e. The predicted octanol–water partition coefficient (Wildman–Crippen LogP) is 3.69. The van der Waals surface area contributed by atoms with Crippen molar-refractivity contribution in [1.82, 2.24) is 19.9 Å². The summed E-state index contributed by atoms with van der Waals surface area (Å²) in [6.45, 7) is 4.51. The van der Waals surface area contributed by atoms with Crippen molar-refractivity contribution >= 4 is 27.7 Å². The zero-order valence-electron chi connectivity index (χ0n) is 16.8. The number of aromatic nitrogens is 3. The van der Waals surface area contributed by atoms with Gasteiger partial charge < -0.3 is 14.7 Å².